The van der Waals surface area contributed by atoms with Gasteiger partial charge in [0.2, 0.25) is 0 Å². The Balaban J connectivity index is 1.49. The maximum atomic E-state index is 14.8. The van der Waals surface area contributed by atoms with Crippen LogP contribution in [0.1, 0.15) is 22.2 Å². The second-order valence-electron chi connectivity index (χ2n) is 7.39. The molecule has 2 heterocycles. The van der Waals surface area contributed by atoms with Crippen LogP contribution in [0.5, 0.6) is 11.5 Å². The van der Waals surface area contributed by atoms with Crippen LogP contribution in [0.15, 0.2) is 48.0 Å². The minimum Gasteiger partial charge on any atom is -0.497 e. The van der Waals surface area contributed by atoms with Gasteiger partial charge in [-0.2, -0.15) is 0 Å². The first-order chi connectivity index (χ1) is 15.1. The lowest BCUT2D eigenvalue weighted by Gasteiger charge is -2.37. The van der Waals surface area contributed by atoms with Crippen LogP contribution in [0.3, 0.4) is 0 Å². The molecule has 2 aromatic carbocycles. The molecule has 164 valence electrons. The van der Waals surface area contributed by atoms with Crippen LogP contribution in [0.25, 0.3) is 0 Å². The van der Waals surface area contributed by atoms with Crippen LogP contribution in [0, 0.1) is 5.82 Å². The molecule has 3 aromatic rings. The molecule has 4 rings (SSSR count). The molecule has 1 unspecified atom stereocenters. The number of aliphatic hydroxyl groups is 1. The van der Waals surface area contributed by atoms with Crippen LogP contribution in [-0.4, -0.2) is 55.4 Å². The van der Waals surface area contributed by atoms with E-state index in [2.05, 4.69) is 9.88 Å². The molecule has 0 amide bonds. The molecule has 0 spiro atoms. The van der Waals surface area contributed by atoms with Crippen molar-refractivity contribution < 1.29 is 19.0 Å². The average molecular weight is 444 g/mol. The Kier molecular flexibility index (Phi) is 6.70. The summed E-state index contributed by atoms with van der Waals surface area (Å²) in [6, 6.07) is 10.6. The average Bonchev–Trinajstić information content (AvgIpc) is 3.34. The molecule has 0 radical (unpaired) electrons. The molecule has 0 saturated carbocycles. The number of aromatic nitrogens is 1. The van der Waals surface area contributed by atoms with Gasteiger partial charge in [0.25, 0.3) is 0 Å². The number of piperazine rings is 1. The number of halogens is 1. The smallest absolute Gasteiger partial charge is 0.146 e. The summed E-state index contributed by atoms with van der Waals surface area (Å²) in [6.45, 7) is 3.57. The summed E-state index contributed by atoms with van der Waals surface area (Å²) in [4.78, 5) is 8.52. The van der Waals surface area contributed by atoms with Crippen molar-refractivity contribution in [3.8, 4) is 11.5 Å². The molecule has 0 bridgehead atoms. The lowest BCUT2D eigenvalue weighted by Crippen LogP contribution is -2.46. The second kappa shape index (κ2) is 9.64. The minimum absolute atomic E-state index is 0.323. The van der Waals surface area contributed by atoms with Crippen LogP contribution < -0.4 is 14.4 Å². The van der Waals surface area contributed by atoms with Crippen LogP contribution in [0.2, 0.25) is 0 Å². The number of hydrogen-bond acceptors (Lipinski definition) is 7. The van der Waals surface area contributed by atoms with Gasteiger partial charge >= 0.3 is 0 Å². The van der Waals surface area contributed by atoms with Crippen molar-refractivity contribution in [3.63, 3.8) is 0 Å². The number of rotatable bonds is 7. The standard InChI is InChI=1S/C23H26FN3O3S/c1-29-17-6-7-20(30-2)16(14-17)15-26-9-11-27(12-10-26)21-18(4-3-5-19(21)24)22(28)23-25-8-13-31-23/h3-8,13-14,22,28H,9-12,15H2,1-2H3. The zero-order valence-electron chi connectivity index (χ0n) is 17.6. The van der Waals surface area contributed by atoms with Crippen molar-refractivity contribution in [2.45, 2.75) is 12.6 Å². The Morgan fingerprint density at radius 1 is 1.13 bits per heavy atom. The summed E-state index contributed by atoms with van der Waals surface area (Å²) in [5.41, 5.74) is 2.07. The van der Waals surface area contributed by atoms with E-state index in [1.54, 1.807) is 32.5 Å². The molecule has 31 heavy (non-hydrogen) atoms. The van der Waals surface area contributed by atoms with Gasteiger partial charge in [-0.3, -0.25) is 4.90 Å². The predicted molar refractivity (Wildman–Crippen MR) is 120 cm³/mol. The third-order valence-corrected chi connectivity index (χ3v) is 6.40. The molecular formula is C23H26FN3O3S. The SMILES string of the molecule is COc1ccc(OC)c(CN2CCN(c3c(F)cccc3C(O)c3nccs3)CC2)c1. The fraction of sp³-hybridized carbons (Fsp3) is 0.348. The summed E-state index contributed by atoms with van der Waals surface area (Å²) in [5, 5.41) is 13.2. The molecule has 0 aliphatic carbocycles. The fourth-order valence-corrected chi connectivity index (χ4v) is 4.60. The normalized spacial score (nSPS) is 15.7. The summed E-state index contributed by atoms with van der Waals surface area (Å²) in [6.07, 6.45) is 0.707. The van der Waals surface area contributed by atoms with Crippen molar-refractivity contribution in [2.24, 2.45) is 0 Å². The highest BCUT2D eigenvalue weighted by molar-refractivity contribution is 7.09. The number of anilines is 1. The van der Waals surface area contributed by atoms with E-state index in [0.717, 1.165) is 36.7 Å². The first-order valence-corrected chi connectivity index (χ1v) is 11.0. The monoisotopic (exact) mass is 443 g/mol. The fourth-order valence-electron chi connectivity index (χ4n) is 3.96. The van der Waals surface area contributed by atoms with Gasteiger partial charge in [0, 0.05) is 55.4 Å². The van der Waals surface area contributed by atoms with Gasteiger partial charge in [-0.15, -0.1) is 11.3 Å². The van der Waals surface area contributed by atoms with Gasteiger partial charge < -0.3 is 19.5 Å². The van der Waals surface area contributed by atoms with Gasteiger partial charge in [-0.25, -0.2) is 9.37 Å². The largest absolute Gasteiger partial charge is 0.497 e. The topological polar surface area (TPSA) is 58.1 Å². The molecule has 1 aliphatic rings. The number of benzene rings is 2. The molecule has 6 nitrogen and oxygen atoms in total. The Bertz CT molecular complexity index is 1010. The number of methoxy groups -OCH3 is 2. The van der Waals surface area contributed by atoms with Crippen molar-refractivity contribution in [3.05, 3.63) is 69.9 Å². The number of hydrogen-bond donors (Lipinski definition) is 1. The zero-order chi connectivity index (χ0) is 21.8. The maximum Gasteiger partial charge on any atom is 0.146 e. The molecule has 1 atom stereocenters. The van der Waals surface area contributed by atoms with Gasteiger partial charge in [-0.05, 0) is 24.3 Å². The van der Waals surface area contributed by atoms with E-state index in [0.29, 0.717) is 29.3 Å². The third kappa shape index (κ3) is 4.66. The summed E-state index contributed by atoms with van der Waals surface area (Å²) < 4.78 is 25.7. The molecule has 8 heteroatoms. The predicted octanol–water partition coefficient (Wildman–Crippen LogP) is 3.70. The number of aliphatic hydroxyl groups excluding tert-OH is 1. The van der Waals surface area contributed by atoms with E-state index in [1.165, 1.54) is 17.4 Å². The minimum atomic E-state index is -0.940. The summed E-state index contributed by atoms with van der Waals surface area (Å²) >= 11 is 1.36. The van der Waals surface area contributed by atoms with E-state index in [4.69, 9.17) is 9.47 Å². The maximum absolute atomic E-state index is 14.8. The summed E-state index contributed by atoms with van der Waals surface area (Å²) in [5.74, 6) is 1.30. The van der Waals surface area contributed by atoms with Gasteiger partial charge in [0.15, 0.2) is 0 Å². The van der Waals surface area contributed by atoms with E-state index in [-0.39, 0.29) is 5.82 Å². The highest BCUT2D eigenvalue weighted by atomic mass is 32.1. The number of nitrogens with zero attached hydrogens (tertiary/aromatic N) is 3. The van der Waals surface area contributed by atoms with Gasteiger partial charge in [0.05, 0.1) is 19.9 Å². The van der Waals surface area contributed by atoms with Crippen molar-refractivity contribution >= 4 is 17.0 Å². The van der Waals surface area contributed by atoms with E-state index >= 15 is 0 Å². The Morgan fingerprint density at radius 3 is 2.61 bits per heavy atom. The molecule has 1 aliphatic heterocycles. The second-order valence-corrected chi connectivity index (χ2v) is 8.32. The number of para-hydroxylation sites is 1. The highest BCUT2D eigenvalue weighted by Gasteiger charge is 2.26. The van der Waals surface area contributed by atoms with Crippen molar-refractivity contribution in [2.75, 3.05) is 45.3 Å². The molecule has 1 fully saturated rings. The highest BCUT2D eigenvalue weighted by Crippen LogP contribution is 2.34. The zero-order valence-corrected chi connectivity index (χ0v) is 18.4. The van der Waals surface area contributed by atoms with Gasteiger partial charge in [-0.1, -0.05) is 12.1 Å². The lowest BCUT2D eigenvalue weighted by atomic mass is 10.0. The summed E-state index contributed by atoms with van der Waals surface area (Å²) in [7, 11) is 3.31. The van der Waals surface area contributed by atoms with Crippen molar-refractivity contribution in [1.82, 2.24) is 9.88 Å². The number of thiazole rings is 1. The van der Waals surface area contributed by atoms with Crippen LogP contribution in [0.4, 0.5) is 10.1 Å². The Morgan fingerprint density at radius 2 is 1.94 bits per heavy atom. The van der Waals surface area contributed by atoms with Crippen LogP contribution in [-0.2, 0) is 6.54 Å². The molecule has 1 N–H and O–H groups in total. The van der Waals surface area contributed by atoms with E-state index < -0.39 is 6.10 Å². The third-order valence-electron chi connectivity index (χ3n) is 5.57. The molecular weight excluding hydrogens is 417 g/mol. The van der Waals surface area contributed by atoms with E-state index in [9.17, 15) is 9.50 Å². The Labute approximate surface area is 185 Å². The number of ether oxygens (including phenoxy) is 2. The molecule has 1 saturated heterocycles. The van der Waals surface area contributed by atoms with Crippen molar-refractivity contribution in [1.29, 1.82) is 0 Å². The first-order valence-electron chi connectivity index (χ1n) is 10.1. The van der Waals surface area contributed by atoms with Crippen LogP contribution >= 0.6 is 11.3 Å². The lowest BCUT2D eigenvalue weighted by molar-refractivity contribution is 0.217. The van der Waals surface area contributed by atoms with Gasteiger partial charge in [0.1, 0.15) is 28.4 Å². The quantitative estimate of drug-likeness (QED) is 0.601. The van der Waals surface area contributed by atoms with E-state index in [1.807, 2.05) is 28.5 Å². The first kappa shape index (κ1) is 21.5. The molecule has 1 aromatic heterocycles. The Hall–Kier alpha value is -2.68.